The number of ether oxygens (including phenoxy) is 1. The molecule has 0 spiro atoms. The third-order valence-electron chi connectivity index (χ3n) is 2.70. The van der Waals surface area contributed by atoms with Crippen LogP contribution >= 0.6 is 11.3 Å². The smallest absolute Gasteiger partial charge is 0.338 e. The summed E-state index contributed by atoms with van der Waals surface area (Å²) in [5.74, 6) is -0.323. The maximum Gasteiger partial charge on any atom is 0.338 e. The van der Waals surface area contributed by atoms with E-state index < -0.39 is 11.4 Å². The molecule has 1 saturated carbocycles. The molecule has 1 heterocycles. The van der Waals surface area contributed by atoms with Gasteiger partial charge in [0.2, 0.25) is 0 Å². The fourth-order valence-electron chi connectivity index (χ4n) is 1.74. The van der Waals surface area contributed by atoms with Crippen LogP contribution < -0.4 is 0 Å². The zero-order valence-electron chi connectivity index (χ0n) is 8.65. The van der Waals surface area contributed by atoms with Crippen molar-refractivity contribution in [3.05, 3.63) is 21.9 Å². The van der Waals surface area contributed by atoms with Gasteiger partial charge in [-0.05, 0) is 6.07 Å². The predicted octanol–water partition coefficient (Wildman–Crippen LogP) is 1.66. The van der Waals surface area contributed by atoms with E-state index in [1.54, 1.807) is 11.4 Å². The van der Waals surface area contributed by atoms with Crippen LogP contribution in [0.3, 0.4) is 0 Å². The maximum atomic E-state index is 11.2. The molecule has 4 nitrogen and oxygen atoms in total. The van der Waals surface area contributed by atoms with Gasteiger partial charge in [0, 0.05) is 23.1 Å². The number of Topliss-reactive ketones (excluding diaryl/α,β-unsaturated/α-hetero) is 1. The Balaban J connectivity index is 2.29. The monoisotopic (exact) mass is 235 g/mol. The fourth-order valence-corrected chi connectivity index (χ4v) is 2.77. The molecule has 0 aliphatic heterocycles. The molecule has 1 aromatic rings. The Kier molecular flexibility index (Phi) is 2.52. The molecule has 16 heavy (non-hydrogen) atoms. The second-order valence-electron chi connectivity index (χ2n) is 3.78. The minimum absolute atomic E-state index is 0.0922. The fraction of sp³-hybridized carbons (Fsp3) is 0.364. The molecular weight excluding hydrogens is 226 g/mol. The van der Waals surface area contributed by atoms with Crippen LogP contribution in [0.1, 0.15) is 28.1 Å². The molecule has 0 amide bonds. The van der Waals surface area contributed by atoms with E-state index in [2.05, 4.69) is 10.8 Å². The molecule has 0 unspecified atom stereocenters. The van der Waals surface area contributed by atoms with Gasteiger partial charge >= 0.3 is 5.97 Å². The number of rotatable bonds is 2. The summed E-state index contributed by atoms with van der Waals surface area (Å²) in [4.78, 5) is 23.0. The number of methoxy groups -OCH3 is 1. The minimum atomic E-state index is -0.700. The standard InChI is InChI=1S/C11H9NO3S/c1-15-10(14)7-2-9(16-5-7)11(6-12)3-8(13)4-11/h2,5H,3-4H2,1H3. The Morgan fingerprint density at radius 3 is 2.81 bits per heavy atom. The number of nitrogens with zero attached hydrogens (tertiary/aromatic N) is 1. The van der Waals surface area contributed by atoms with Gasteiger partial charge in [-0.1, -0.05) is 0 Å². The van der Waals surface area contributed by atoms with Crippen molar-refractivity contribution < 1.29 is 14.3 Å². The number of nitriles is 1. The number of carbonyl (C=O) groups is 2. The van der Waals surface area contributed by atoms with E-state index in [9.17, 15) is 9.59 Å². The lowest BCUT2D eigenvalue weighted by atomic mass is 9.68. The summed E-state index contributed by atoms with van der Waals surface area (Å²) >= 11 is 1.33. The Morgan fingerprint density at radius 1 is 1.62 bits per heavy atom. The van der Waals surface area contributed by atoms with E-state index in [0.29, 0.717) is 5.56 Å². The lowest BCUT2D eigenvalue weighted by molar-refractivity contribution is -0.126. The van der Waals surface area contributed by atoms with E-state index in [1.807, 2.05) is 0 Å². The third kappa shape index (κ3) is 1.51. The predicted molar refractivity (Wildman–Crippen MR) is 57.2 cm³/mol. The van der Waals surface area contributed by atoms with Gasteiger partial charge in [0.15, 0.2) is 0 Å². The highest BCUT2D eigenvalue weighted by Gasteiger charge is 2.46. The van der Waals surface area contributed by atoms with Crippen molar-refractivity contribution in [1.82, 2.24) is 0 Å². The van der Waals surface area contributed by atoms with Crippen LogP contribution in [-0.2, 0) is 14.9 Å². The van der Waals surface area contributed by atoms with Gasteiger partial charge in [0.05, 0.1) is 18.7 Å². The summed E-state index contributed by atoms with van der Waals surface area (Å²) in [6.07, 6.45) is 0.509. The quantitative estimate of drug-likeness (QED) is 0.731. The van der Waals surface area contributed by atoms with Gasteiger partial charge < -0.3 is 4.74 Å². The first-order chi connectivity index (χ1) is 7.61. The van der Waals surface area contributed by atoms with Gasteiger partial charge in [0.25, 0.3) is 0 Å². The highest BCUT2D eigenvalue weighted by Crippen LogP contribution is 2.43. The molecule has 1 aliphatic carbocycles. The second-order valence-corrected chi connectivity index (χ2v) is 4.69. The molecule has 1 fully saturated rings. The molecule has 2 rings (SSSR count). The topological polar surface area (TPSA) is 67.2 Å². The van der Waals surface area contributed by atoms with Crippen molar-refractivity contribution >= 4 is 23.1 Å². The summed E-state index contributed by atoms with van der Waals surface area (Å²) in [6.45, 7) is 0. The Labute approximate surface area is 96.4 Å². The lowest BCUT2D eigenvalue weighted by Crippen LogP contribution is -2.39. The summed E-state index contributed by atoms with van der Waals surface area (Å²) in [5, 5.41) is 10.8. The number of esters is 1. The van der Waals surface area contributed by atoms with Crippen molar-refractivity contribution in [2.75, 3.05) is 7.11 Å². The Morgan fingerprint density at radius 2 is 2.31 bits per heavy atom. The van der Waals surface area contributed by atoms with Gasteiger partial charge in [-0.15, -0.1) is 11.3 Å². The number of carbonyl (C=O) groups excluding carboxylic acids is 2. The van der Waals surface area contributed by atoms with E-state index in [1.165, 1.54) is 18.4 Å². The molecule has 1 aliphatic rings. The minimum Gasteiger partial charge on any atom is -0.465 e. The first-order valence-corrected chi connectivity index (χ1v) is 5.59. The Hall–Kier alpha value is -1.67. The van der Waals surface area contributed by atoms with Crippen LogP contribution in [0.25, 0.3) is 0 Å². The maximum absolute atomic E-state index is 11.2. The van der Waals surface area contributed by atoms with Crippen molar-refractivity contribution in [1.29, 1.82) is 5.26 Å². The first kappa shape index (κ1) is 10.8. The van der Waals surface area contributed by atoms with Crippen LogP contribution in [0, 0.1) is 11.3 Å². The molecule has 0 saturated heterocycles. The summed E-state index contributed by atoms with van der Waals surface area (Å²) in [5.41, 5.74) is -0.259. The summed E-state index contributed by atoms with van der Waals surface area (Å²) in [7, 11) is 1.31. The summed E-state index contributed by atoms with van der Waals surface area (Å²) in [6, 6.07) is 3.81. The zero-order chi connectivity index (χ0) is 11.8. The average Bonchev–Trinajstić information content (AvgIpc) is 2.72. The van der Waals surface area contributed by atoms with E-state index in [0.717, 1.165) is 4.88 Å². The van der Waals surface area contributed by atoms with E-state index in [4.69, 9.17) is 5.26 Å². The molecule has 0 bridgehead atoms. The molecule has 0 aromatic carbocycles. The second kappa shape index (κ2) is 3.72. The number of hydrogen-bond donors (Lipinski definition) is 0. The van der Waals surface area contributed by atoms with Crippen LogP contribution in [0.2, 0.25) is 0 Å². The van der Waals surface area contributed by atoms with Crippen molar-refractivity contribution in [2.45, 2.75) is 18.3 Å². The molecule has 0 atom stereocenters. The highest BCUT2D eigenvalue weighted by atomic mass is 32.1. The van der Waals surface area contributed by atoms with Crippen LogP contribution in [-0.4, -0.2) is 18.9 Å². The van der Waals surface area contributed by atoms with Gasteiger partial charge in [-0.2, -0.15) is 5.26 Å². The van der Waals surface area contributed by atoms with E-state index >= 15 is 0 Å². The molecule has 82 valence electrons. The number of hydrogen-bond acceptors (Lipinski definition) is 5. The van der Waals surface area contributed by atoms with Gasteiger partial charge in [-0.3, -0.25) is 4.79 Å². The third-order valence-corrected chi connectivity index (χ3v) is 3.84. The van der Waals surface area contributed by atoms with Crippen LogP contribution in [0.4, 0.5) is 0 Å². The first-order valence-electron chi connectivity index (χ1n) is 4.71. The van der Waals surface area contributed by atoms with E-state index in [-0.39, 0.29) is 18.6 Å². The normalized spacial score (nSPS) is 17.4. The van der Waals surface area contributed by atoms with Crippen LogP contribution in [0.5, 0.6) is 0 Å². The van der Waals surface area contributed by atoms with Gasteiger partial charge in [-0.25, -0.2) is 4.79 Å². The number of thiophene rings is 1. The molecule has 5 heteroatoms. The molecular formula is C11H9NO3S. The average molecular weight is 235 g/mol. The molecule has 1 aromatic heterocycles. The lowest BCUT2D eigenvalue weighted by Gasteiger charge is -2.32. The summed E-state index contributed by atoms with van der Waals surface area (Å²) < 4.78 is 4.59. The number of ketones is 1. The largest absolute Gasteiger partial charge is 0.465 e. The molecule has 0 radical (unpaired) electrons. The zero-order valence-corrected chi connectivity index (χ0v) is 9.47. The SMILES string of the molecule is COC(=O)c1csc(C2(C#N)CC(=O)C2)c1. The highest BCUT2D eigenvalue weighted by molar-refractivity contribution is 7.10. The Bertz CT molecular complexity index is 490. The van der Waals surface area contributed by atoms with Crippen molar-refractivity contribution in [3.63, 3.8) is 0 Å². The van der Waals surface area contributed by atoms with Crippen molar-refractivity contribution in [2.24, 2.45) is 0 Å². The molecule has 0 N–H and O–H groups in total. The van der Waals surface area contributed by atoms with Crippen molar-refractivity contribution in [3.8, 4) is 6.07 Å². The van der Waals surface area contributed by atoms with Crippen LogP contribution in [0.15, 0.2) is 11.4 Å². The van der Waals surface area contributed by atoms with Gasteiger partial charge in [0.1, 0.15) is 11.2 Å².